The van der Waals surface area contributed by atoms with Crippen molar-refractivity contribution in [2.24, 2.45) is 0 Å². The molecule has 1 amide bonds. The highest BCUT2D eigenvalue weighted by atomic mass is 32.2. The number of carbonyl (C=O) groups is 1. The molecule has 0 bridgehead atoms. The first-order valence-corrected chi connectivity index (χ1v) is 10.6. The molecule has 0 aliphatic carbocycles. The van der Waals surface area contributed by atoms with E-state index in [1.807, 2.05) is 25.3 Å². The van der Waals surface area contributed by atoms with Crippen LogP contribution in [0.25, 0.3) is 0 Å². The molecule has 0 spiro atoms. The quantitative estimate of drug-likeness (QED) is 0.574. The molecule has 1 fully saturated rings. The number of nitrogens with one attached hydrogen (secondary N) is 1. The van der Waals surface area contributed by atoms with Gasteiger partial charge in [-0.2, -0.15) is 0 Å². The summed E-state index contributed by atoms with van der Waals surface area (Å²) in [5.74, 6) is 0.754. The van der Waals surface area contributed by atoms with Gasteiger partial charge in [0.15, 0.2) is 15.0 Å². The molecule has 1 aromatic heterocycles. The first-order chi connectivity index (χ1) is 11.2. The smallest absolute Gasteiger partial charge is 0.233 e. The molecule has 2 atom stereocenters. The largest absolute Gasteiger partial charge is 0.353 e. The summed E-state index contributed by atoms with van der Waals surface area (Å²) in [7, 11) is -2.99. The molecule has 7 nitrogen and oxygen atoms in total. The van der Waals surface area contributed by atoms with Gasteiger partial charge in [-0.1, -0.05) is 17.8 Å². The molecule has 2 rings (SSSR count). The molecule has 1 N–H and O–H groups in total. The number of nitrogens with zero attached hydrogens (tertiary/aromatic N) is 3. The lowest BCUT2D eigenvalue weighted by Gasteiger charge is -2.15. The zero-order valence-electron chi connectivity index (χ0n) is 14.2. The first-order valence-electron chi connectivity index (χ1n) is 7.95. The lowest BCUT2D eigenvalue weighted by molar-refractivity contribution is -0.120. The number of sulfone groups is 1. The summed E-state index contributed by atoms with van der Waals surface area (Å²) < 4.78 is 25.3. The molecule has 9 heteroatoms. The van der Waals surface area contributed by atoms with Gasteiger partial charge < -0.3 is 9.88 Å². The fourth-order valence-corrected chi connectivity index (χ4v) is 5.22. The summed E-state index contributed by atoms with van der Waals surface area (Å²) in [5, 5.41) is 11.5. The number of hydrogen-bond acceptors (Lipinski definition) is 6. The Balaban J connectivity index is 2.19. The maximum absolute atomic E-state index is 12.1. The number of rotatable bonds is 7. The van der Waals surface area contributed by atoms with Crippen LogP contribution in [0.2, 0.25) is 0 Å². The topological polar surface area (TPSA) is 93.9 Å². The van der Waals surface area contributed by atoms with Crippen molar-refractivity contribution >= 4 is 27.5 Å². The lowest BCUT2D eigenvalue weighted by Crippen LogP contribution is -2.36. The highest BCUT2D eigenvalue weighted by Crippen LogP contribution is 2.31. The van der Waals surface area contributed by atoms with E-state index in [4.69, 9.17) is 0 Å². The monoisotopic (exact) mass is 372 g/mol. The number of amides is 1. The van der Waals surface area contributed by atoms with Crippen LogP contribution in [0.1, 0.15) is 38.9 Å². The second-order valence-electron chi connectivity index (χ2n) is 6.26. The summed E-state index contributed by atoms with van der Waals surface area (Å²) >= 11 is 1.32. The SMILES string of the molecule is C=CCn1c(S[C@H](C)C(=O)NC(C)C)nnc1[C@H]1CCS(=O)(=O)C1. The molecular formula is C15H24N4O3S2. The predicted molar refractivity (Wildman–Crippen MR) is 94.8 cm³/mol. The van der Waals surface area contributed by atoms with Crippen molar-refractivity contribution in [3.8, 4) is 0 Å². The van der Waals surface area contributed by atoms with Crippen LogP contribution in [-0.2, 0) is 21.2 Å². The van der Waals surface area contributed by atoms with Crippen molar-refractivity contribution in [1.82, 2.24) is 20.1 Å². The molecule has 1 aromatic rings. The van der Waals surface area contributed by atoms with Gasteiger partial charge in [-0.05, 0) is 27.2 Å². The Hall–Kier alpha value is -1.35. The van der Waals surface area contributed by atoms with Gasteiger partial charge in [0.05, 0.1) is 16.8 Å². The Morgan fingerprint density at radius 1 is 1.46 bits per heavy atom. The average Bonchev–Trinajstić information content (AvgIpc) is 3.02. The highest BCUT2D eigenvalue weighted by Gasteiger charge is 2.33. The van der Waals surface area contributed by atoms with E-state index in [-0.39, 0.29) is 34.6 Å². The van der Waals surface area contributed by atoms with E-state index >= 15 is 0 Å². The third kappa shape index (κ3) is 4.60. The van der Waals surface area contributed by atoms with Gasteiger partial charge in [-0.15, -0.1) is 16.8 Å². The molecule has 1 aliphatic heterocycles. The third-order valence-electron chi connectivity index (χ3n) is 3.74. The fourth-order valence-electron chi connectivity index (χ4n) is 2.60. The van der Waals surface area contributed by atoms with E-state index in [2.05, 4.69) is 22.1 Å². The normalized spacial score (nSPS) is 20.9. The van der Waals surface area contributed by atoms with Crippen LogP contribution < -0.4 is 5.32 Å². The summed E-state index contributed by atoms with van der Waals surface area (Å²) in [4.78, 5) is 12.1. The molecule has 0 unspecified atom stereocenters. The Kier molecular flexibility index (Phi) is 6.08. The van der Waals surface area contributed by atoms with Gasteiger partial charge in [0.2, 0.25) is 5.91 Å². The zero-order valence-corrected chi connectivity index (χ0v) is 15.9. The minimum absolute atomic E-state index is 0.0619. The van der Waals surface area contributed by atoms with E-state index in [1.54, 1.807) is 6.08 Å². The first kappa shape index (κ1) is 19.0. The lowest BCUT2D eigenvalue weighted by atomic mass is 10.1. The molecule has 0 aromatic carbocycles. The predicted octanol–water partition coefficient (Wildman–Crippen LogP) is 1.37. The van der Waals surface area contributed by atoms with Crippen molar-refractivity contribution in [3.63, 3.8) is 0 Å². The fraction of sp³-hybridized carbons (Fsp3) is 0.667. The minimum Gasteiger partial charge on any atom is -0.353 e. The molecule has 0 radical (unpaired) electrons. The number of hydrogen-bond donors (Lipinski definition) is 1. The van der Waals surface area contributed by atoms with Crippen molar-refractivity contribution in [1.29, 1.82) is 0 Å². The maximum Gasteiger partial charge on any atom is 0.233 e. The van der Waals surface area contributed by atoms with Crippen LogP contribution in [0.15, 0.2) is 17.8 Å². The van der Waals surface area contributed by atoms with Crippen molar-refractivity contribution in [2.75, 3.05) is 11.5 Å². The van der Waals surface area contributed by atoms with E-state index in [1.165, 1.54) is 11.8 Å². The third-order valence-corrected chi connectivity index (χ3v) is 6.59. The molecule has 134 valence electrons. The van der Waals surface area contributed by atoms with Crippen LogP contribution >= 0.6 is 11.8 Å². The minimum atomic E-state index is -2.99. The zero-order chi connectivity index (χ0) is 17.9. The van der Waals surface area contributed by atoms with E-state index in [0.717, 1.165) is 0 Å². The van der Waals surface area contributed by atoms with E-state index < -0.39 is 9.84 Å². The summed E-state index contributed by atoms with van der Waals surface area (Å²) in [6.45, 7) is 9.87. The van der Waals surface area contributed by atoms with E-state index in [0.29, 0.717) is 23.9 Å². The summed E-state index contributed by atoms with van der Waals surface area (Å²) in [5.41, 5.74) is 0. The number of allylic oxidation sites excluding steroid dienone is 1. The molecule has 0 saturated carbocycles. The highest BCUT2D eigenvalue weighted by molar-refractivity contribution is 8.00. The van der Waals surface area contributed by atoms with E-state index in [9.17, 15) is 13.2 Å². The molecule has 1 aliphatic rings. The van der Waals surface area contributed by atoms with Crippen molar-refractivity contribution < 1.29 is 13.2 Å². The Bertz CT molecular complexity index is 712. The van der Waals surface area contributed by atoms with Gasteiger partial charge in [-0.25, -0.2) is 8.42 Å². The standard InChI is InChI=1S/C15H24N4O3S2/c1-5-7-19-13(12-6-8-24(21,22)9-12)17-18-15(19)23-11(4)14(20)16-10(2)3/h5,10-12H,1,6-9H2,2-4H3,(H,16,20)/t11-,12+/m1/s1. The van der Waals surface area contributed by atoms with Gasteiger partial charge in [0.1, 0.15) is 5.82 Å². The van der Waals surface area contributed by atoms with Crippen LogP contribution in [-0.4, -0.2) is 51.9 Å². The van der Waals surface area contributed by atoms with Gasteiger partial charge in [0, 0.05) is 18.5 Å². The van der Waals surface area contributed by atoms with Crippen LogP contribution in [0.5, 0.6) is 0 Å². The van der Waals surface area contributed by atoms with Crippen molar-refractivity contribution in [2.45, 2.75) is 56.1 Å². The summed E-state index contributed by atoms with van der Waals surface area (Å²) in [6, 6.07) is 0.0749. The Morgan fingerprint density at radius 2 is 2.17 bits per heavy atom. The Morgan fingerprint density at radius 3 is 2.71 bits per heavy atom. The molecule has 24 heavy (non-hydrogen) atoms. The average molecular weight is 373 g/mol. The second-order valence-corrected chi connectivity index (χ2v) is 9.80. The molecule has 1 saturated heterocycles. The Labute approximate surface area is 147 Å². The van der Waals surface area contributed by atoms with Crippen molar-refractivity contribution in [3.05, 3.63) is 18.5 Å². The van der Waals surface area contributed by atoms with Gasteiger partial charge in [0.25, 0.3) is 0 Å². The number of carbonyl (C=O) groups excluding carboxylic acids is 1. The maximum atomic E-state index is 12.1. The van der Waals surface area contributed by atoms with Crippen LogP contribution in [0.3, 0.4) is 0 Å². The van der Waals surface area contributed by atoms with Crippen LogP contribution in [0, 0.1) is 0 Å². The summed E-state index contributed by atoms with van der Waals surface area (Å²) in [6.07, 6.45) is 2.28. The molecule has 2 heterocycles. The van der Waals surface area contributed by atoms with Crippen LogP contribution in [0.4, 0.5) is 0 Å². The van der Waals surface area contributed by atoms with Gasteiger partial charge in [-0.3, -0.25) is 4.79 Å². The van der Waals surface area contributed by atoms with Gasteiger partial charge >= 0.3 is 0 Å². The second kappa shape index (κ2) is 7.69. The number of thioether (sulfide) groups is 1. The number of aromatic nitrogens is 3. The molecular weight excluding hydrogens is 348 g/mol.